The van der Waals surface area contributed by atoms with Gasteiger partial charge >= 0.3 is 33.3 Å². The molecule has 3 aliphatic rings. The number of pyridine rings is 1. The average Bonchev–Trinajstić information content (AvgIpc) is 2.75. The number of fused-ring (bicyclic) bond motifs is 4. The fourth-order valence-electron chi connectivity index (χ4n) is 4.67. The van der Waals surface area contributed by atoms with E-state index >= 15 is 0 Å². The summed E-state index contributed by atoms with van der Waals surface area (Å²) in [7, 11) is 9.59. The third-order valence-corrected chi connectivity index (χ3v) is 6.54. The van der Waals surface area contributed by atoms with Gasteiger partial charge < -0.3 is 21.3 Å². The van der Waals surface area contributed by atoms with E-state index in [-0.39, 0.29) is 18.8 Å². The van der Waals surface area contributed by atoms with Crippen molar-refractivity contribution in [2.75, 3.05) is 13.1 Å². The van der Waals surface area contributed by atoms with Crippen molar-refractivity contribution in [2.45, 2.75) is 88.6 Å². The molecule has 0 N–H and O–H groups in total. The first-order chi connectivity index (χ1) is 14.7. The topological polar surface area (TPSA) is 69.3 Å². The number of nitrogens with zero attached hydrogens (tertiary/aromatic N) is 5. The van der Waals surface area contributed by atoms with Crippen LogP contribution in [0.25, 0.3) is 21.3 Å². The van der Waals surface area contributed by atoms with Crippen LogP contribution in [-0.2, 0) is 26.2 Å². The monoisotopic (exact) mass is 564 g/mol. The van der Waals surface area contributed by atoms with Crippen molar-refractivity contribution in [2.24, 2.45) is 0 Å². The van der Waals surface area contributed by atoms with E-state index < -0.39 is 0 Å². The van der Waals surface area contributed by atoms with E-state index in [0.29, 0.717) is 37.3 Å². The molecule has 4 rings (SSSR count). The predicted molar refractivity (Wildman–Crippen MR) is 135 cm³/mol. The van der Waals surface area contributed by atoms with Gasteiger partial charge in [-0.15, -0.1) is 13.1 Å². The minimum Gasteiger partial charge on any atom is 0 e. The Hall–Kier alpha value is 0.569. The van der Waals surface area contributed by atoms with Gasteiger partial charge in [0, 0.05) is 21.6 Å². The number of hydrogen-bond acceptors (Lipinski definition) is 1. The fourth-order valence-corrected chi connectivity index (χ4v) is 5.20. The zero-order valence-corrected chi connectivity index (χ0v) is 21.5. The molecule has 2 heterocycles. The van der Waals surface area contributed by atoms with Crippen LogP contribution in [0.4, 0.5) is 0 Å². The Labute approximate surface area is 210 Å². The van der Waals surface area contributed by atoms with Gasteiger partial charge in [-0.1, -0.05) is 67.3 Å². The van der Waals surface area contributed by atoms with E-state index in [0.717, 1.165) is 41.8 Å². The van der Waals surface area contributed by atoms with Gasteiger partial charge in [0.2, 0.25) is 0 Å². The maximum atomic E-state index is 5.01. The standard InChI is InChI=1S/C21H30BrN5.2ClH.Mn.4H2/c22-15-11-16-13-25-20-7-3-1-5-18(20)23-9-10-24-19-6-2-4-8-21(19)26-14-17(12-15)27-16;;;;;;;/h11-12,18-21H,1-10,13-14H2;2*1H;;4*1H/q-4;;;+2;;;;/p-2/t18-,19?,20+,21?;;;;;;;/m1......./s1. The van der Waals surface area contributed by atoms with Gasteiger partial charge in [-0.3, -0.25) is 4.98 Å². The molecular formula is C21H38BrCl2MnN5-4. The first-order valence-electron chi connectivity index (χ1n) is 10.9. The van der Waals surface area contributed by atoms with Crippen LogP contribution in [0.5, 0.6) is 0 Å². The van der Waals surface area contributed by atoms with Crippen LogP contribution in [0.1, 0.15) is 68.5 Å². The second kappa shape index (κ2) is 14.0. The van der Waals surface area contributed by atoms with Crippen molar-refractivity contribution in [3.05, 3.63) is 49.3 Å². The molecule has 2 bridgehead atoms. The van der Waals surface area contributed by atoms with Crippen LogP contribution in [0.2, 0.25) is 0 Å². The molecule has 9 heteroatoms. The minimum atomic E-state index is 0. The predicted octanol–water partition coefficient (Wildman–Crippen LogP) is 8.34. The van der Waals surface area contributed by atoms with Gasteiger partial charge in [0.25, 0.3) is 0 Å². The number of aromatic nitrogens is 1. The molecular weight excluding hydrogens is 528 g/mol. The van der Waals surface area contributed by atoms with E-state index in [2.05, 4.69) is 28.1 Å². The van der Waals surface area contributed by atoms with Gasteiger partial charge in [-0.25, -0.2) is 0 Å². The van der Waals surface area contributed by atoms with Crippen molar-refractivity contribution in [3.63, 3.8) is 0 Å². The van der Waals surface area contributed by atoms with Crippen LogP contribution in [0, 0.1) is 0 Å². The number of rotatable bonds is 0. The normalized spacial score (nSPS) is 30.5. The second-order valence-electron chi connectivity index (χ2n) is 8.15. The Morgan fingerprint density at radius 1 is 0.767 bits per heavy atom. The van der Waals surface area contributed by atoms with E-state index in [1.165, 1.54) is 38.5 Å². The molecule has 2 aliphatic carbocycles. The molecule has 4 atom stereocenters. The molecule has 2 unspecified atom stereocenters. The summed E-state index contributed by atoms with van der Waals surface area (Å²) in [6.07, 6.45) is 9.76. The summed E-state index contributed by atoms with van der Waals surface area (Å²) in [5, 5.41) is 20.0. The molecule has 0 radical (unpaired) electrons. The summed E-state index contributed by atoms with van der Waals surface area (Å²) in [6, 6.07) is 5.63. The summed E-state index contributed by atoms with van der Waals surface area (Å²) < 4.78 is 1.08. The third kappa shape index (κ3) is 8.17. The Bertz CT molecular complexity index is 611. The van der Waals surface area contributed by atoms with E-state index in [9.17, 15) is 0 Å². The van der Waals surface area contributed by atoms with Gasteiger partial charge in [-0.05, 0) is 12.1 Å². The third-order valence-electron chi connectivity index (χ3n) is 6.09. The molecule has 0 spiro atoms. The first-order valence-corrected chi connectivity index (χ1v) is 14.9. The zero-order valence-electron chi connectivity index (χ0n) is 17.2. The Kier molecular flexibility index (Phi) is 11.7. The van der Waals surface area contributed by atoms with Gasteiger partial charge in [0.05, 0.1) is 0 Å². The fraction of sp³-hybridized carbons (Fsp3) is 0.762. The smallest absolute Gasteiger partial charge is 0 e. The molecule has 0 saturated heterocycles. The molecule has 1 aliphatic heterocycles. The first kappa shape index (κ1) is 25.2. The summed E-state index contributed by atoms with van der Waals surface area (Å²) in [4.78, 5) is 4.84. The minimum absolute atomic E-state index is 0. The summed E-state index contributed by atoms with van der Waals surface area (Å²) in [5.41, 5.74) is 2.08. The van der Waals surface area contributed by atoms with E-state index in [4.69, 9.17) is 46.4 Å². The maximum Gasteiger partial charge on any atom is 0 e. The molecule has 30 heavy (non-hydrogen) atoms. The molecule has 5 nitrogen and oxygen atoms in total. The summed E-state index contributed by atoms with van der Waals surface area (Å²) >= 11 is 3.65. The van der Waals surface area contributed by atoms with Crippen LogP contribution >= 0.6 is 36.1 Å². The molecule has 0 aromatic carbocycles. The van der Waals surface area contributed by atoms with Crippen molar-refractivity contribution in [1.82, 2.24) is 4.98 Å². The Balaban J connectivity index is 0. The Morgan fingerprint density at radius 2 is 1.13 bits per heavy atom. The molecule has 2 saturated carbocycles. The maximum absolute atomic E-state index is 5.01. The SMILES string of the molecule is Brc1cc2nc(c1)C[N-][C@H]1CCCC[C@H]1[N-]CC[N-]C1CCCCC1[N-]C2.[Cl][Mn][Cl].[HH].[HH].[HH].[HH]. The molecule has 1 aromatic rings. The molecule has 1 aromatic heterocycles. The van der Waals surface area contributed by atoms with Crippen molar-refractivity contribution in [3.8, 4) is 0 Å². The van der Waals surface area contributed by atoms with Crippen LogP contribution in [0.15, 0.2) is 16.6 Å². The van der Waals surface area contributed by atoms with Crippen LogP contribution < -0.4 is 0 Å². The van der Waals surface area contributed by atoms with Crippen LogP contribution in [0.3, 0.4) is 0 Å². The van der Waals surface area contributed by atoms with Crippen molar-refractivity contribution in [1.29, 1.82) is 0 Å². The van der Waals surface area contributed by atoms with E-state index in [1.807, 2.05) is 0 Å². The molecule has 0 amide bonds. The summed E-state index contributed by atoms with van der Waals surface area (Å²) in [5.74, 6) is 0. The number of halogens is 3. The van der Waals surface area contributed by atoms with Gasteiger partial charge in [0.15, 0.2) is 0 Å². The zero-order chi connectivity index (χ0) is 21.2. The molecule has 179 valence electrons. The largest absolute Gasteiger partial charge is 0 e. The van der Waals surface area contributed by atoms with Crippen LogP contribution in [-0.4, -0.2) is 42.2 Å². The van der Waals surface area contributed by atoms with Gasteiger partial charge in [-0.2, -0.15) is 37.3 Å². The quantitative estimate of drug-likeness (QED) is 0.291. The van der Waals surface area contributed by atoms with Crippen molar-refractivity contribution < 1.29 is 18.8 Å². The Morgan fingerprint density at radius 3 is 1.53 bits per heavy atom. The second-order valence-corrected chi connectivity index (χ2v) is 11.0. The number of hydrogen-bond donors (Lipinski definition) is 0. The summed E-state index contributed by atoms with van der Waals surface area (Å²) in [6.45, 7) is 3.05. The van der Waals surface area contributed by atoms with E-state index in [1.54, 1.807) is 0 Å². The van der Waals surface area contributed by atoms with Gasteiger partial charge in [0.1, 0.15) is 0 Å². The van der Waals surface area contributed by atoms with Crippen molar-refractivity contribution >= 4 is 36.1 Å². The average molecular weight is 566 g/mol. The molecule has 2 fully saturated rings.